The van der Waals surface area contributed by atoms with Crippen LogP contribution < -0.4 is 10.3 Å². The van der Waals surface area contributed by atoms with Gasteiger partial charge in [-0.3, -0.25) is 4.79 Å². The van der Waals surface area contributed by atoms with Crippen LogP contribution >= 0.6 is 11.8 Å². The molecular weight excluding hydrogens is 270 g/mol. The van der Waals surface area contributed by atoms with Crippen molar-refractivity contribution in [2.75, 3.05) is 12.2 Å². The average Bonchev–Trinajstić information content (AvgIpc) is 2.44. The fraction of sp³-hybridized carbons (Fsp3) is 0.312. The molecule has 0 N–H and O–H groups in total. The lowest BCUT2D eigenvalue weighted by Crippen LogP contribution is -2.20. The van der Waals surface area contributed by atoms with Crippen molar-refractivity contribution in [2.24, 2.45) is 7.05 Å². The van der Waals surface area contributed by atoms with Crippen molar-refractivity contribution in [3.63, 3.8) is 0 Å². The molecule has 0 saturated heterocycles. The zero-order valence-corrected chi connectivity index (χ0v) is 13.1. The Morgan fingerprint density at radius 3 is 2.55 bits per heavy atom. The normalized spacial score (nSPS) is 10.6. The van der Waals surface area contributed by atoms with Crippen molar-refractivity contribution in [3.05, 3.63) is 51.8 Å². The lowest BCUT2D eigenvalue weighted by Gasteiger charge is -2.13. The van der Waals surface area contributed by atoms with Crippen LogP contribution in [0.2, 0.25) is 0 Å². The topological polar surface area (TPSA) is 31.2 Å². The zero-order valence-electron chi connectivity index (χ0n) is 12.3. The summed E-state index contributed by atoms with van der Waals surface area (Å²) in [5.74, 6) is 1.50. The van der Waals surface area contributed by atoms with Crippen molar-refractivity contribution >= 4 is 11.8 Å². The second kappa shape index (κ2) is 6.18. The average molecular weight is 289 g/mol. The standard InChI is InChI=1S/C16H19NO2S/c1-11-5-8-15(17(3)16(11)18)14-7-6-13(9-12(14)2)19-10-20-4/h5-9H,10H2,1-4H3. The Bertz CT molecular complexity index is 677. The Morgan fingerprint density at radius 2 is 1.90 bits per heavy atom. The minimum Gasteiger partial charge on any atom is -0.483 e. The van der Waals surface area contributed by atoms with Gasteiger partial charge in [0.15, 0.2) is 0 Å². The summed E-state index contributed by atoms with van der Waals surface area (Å²) in [6, 6.07) is 9.82. The molecule has 0 saturated carbocycles. The Morgan fingerprint density at radius 1 is 1.15 bits per heavy atom. The summed E-state index contributed by atoms with van der Waals surface area (Å²) in [6.07, 6.45) is 2.00. The number of hydrogen-bond acceptors (Lipinski definition) is 3. The third-order valence-corrected chi connectivity index (χ3v) is 3.67. The highest BCUT2D eigenvalue weighted by molar-refractivity contribution is 7.98. The predicted octanol–water partition coefficient (Wildman–Crippen LogP) is 3.37. The van der Waals surface area contributed by atoms with Crippen LogP contribution in [0.1, 0.15) is 11.1 Å². The number of aryl methyl sites for hydroxylation is 2. The second-order valence-electron chi connectivity index (χ2n) is 4.79. The van der Waals surface area contributed by atoms with E-state index in [0.29, 0.717) is 5.94 Å². The van der Waals surface area contributed by atoms with Gasteiger partial charge in [-0.05, 0) is 49.9 Å². The van der Waals surface area contributed by atoms with Gasteiger partial charge in [-0.2, -0.15) is 0 Å². The second-order valence-corrected chi connectivity index (χ2v) is 5.61. The lowest BCUT2D eigenvalue weighted by molar-refractivity contribution is 0.393. The molecule has 0 bridgehead atoms. The number of pyridine rings is 1. The van der Waals surface area contributed by atoms with Crippen molar-refractivity contribution in [1.29, 1.82) is 0 Å². The van der Waals surface area contributed by atoms with Crippen LogP contribution in [0, 0.1) is 13.8 Å². The van der Waals surface area contributed by atoms with Crippen molar-refractivity contribution in [2.45, 2.75) is 13.8 Å². The summed E-state index contributed by atoms with van der Waals surface area (Å²) in [5, 5.41) is 0. The van der Waals surface area contributed by atoms with Gasteiger partial charge < -0.3 is 9.30 Å². The molecule has 1 aromatic carbocycles. The van der Waals surface area contributed by atoms with Crippen LogP contribution in [0.25, 0.3) is 11.3 Å². The monoisotopic (exact) mass is 289 g/mol. The molecule has 1 aromatic heterocycles. The van der Waals surface area contributed by atoms with Gasteiger partial charge in [0, 0.05) is 18.2 Å². The maximum absolute atomic E-state index is 12.0. The molecule has 2 aromatic rings. The molecule has 2 rings (SSSR count). The van der Waals surface area contributed by atoms with E-state index in [4.69, 9.17) is 4.74 Å². The van der Waals surface area contributed by atoms with Crippen molar-refractivity contribution in [3.8, 4) is 17.0 Å². The highest BCUT2D eigenvalue weighted by atomic mass is 32.2. The number of rotatable bonds is 4. The van der Waals surface area contributed by atoms with E-state index < -0.39 is 0 Å². The lowest BCUT2D eigenvalue weighted by atomic mass is 10.0. The molecule has 0 aliphatic carbocycles. The Labute approximate surface area is 123 Å². The molecule has 0 atom stereocenters. The van der Waals surface area contributed by atoms with Gasteiger partial charge in [-0.25, -0.2) is 0 Å². The van der Waals surface area contributed by atoms with E-state index in [9.17, 15) is 4.79 Å². The number of nitrogens with zero attached hydrogens (tertiary/aromatic N) is 1. The Hall–Kier alpha value is -1.68. The molecule has 0 aliphatic rings. The number of thioether (sulfide) groups is 1. The van der Waals surface area contributed by atoms with E-state index in [1.807, 2.05) is 57.5 Å². The van der Waals surface area contributed by atoms with Gasteiger partial charge in [-0.1, -0.05) is 6.07 Å². The van der Waals surface area contributed by atoms with E-state index in [0.717, 1.165) is 28.1 Å². The third-order valence-electron chi connectivity index (χ3n) is 3.31. The van der Waals surface area contributed by atoms with Crippen LogP contribution in [0.15, 0.2) is 35.1 Å². The van der Waals surface area contributed by atoms with Gasteiger partial charge in [-0.15, -0.1) is 11.8 Å². The van der Waals surface area contributed by atoms with Crippen LogP contribution in [-0.4, -0.2) is 16.8 Å². The molecule has 20 heavy (non-hydrogen) atoms. The number of hydrogen-bond donors (Lipinski definition) is 0. The van der Waals surface area contributed by atoms with Gasteiger partial charge in [0.2, 0.25) is 0 Å². The molecular formula is C16H19NO2S. The highest BCUT2D eigenvalue weighted by Gasteiger charge is 2.08. The first kappa shape index (κ1) is 14.7. The third kappa shape index (κ3) is 2.90. The van der Waals surface area contributed by atoms with Crippen molar-refractivity contribution < 1.29 is 4.74 Å². The van der Waals surface area contributed by atoms with Gasteiger partial charge >= 0.3 is 0 Å². The molecule has 3 nitrogen and oxygen atoms in total. The van der Waals surface area contributed by atoms with E-state index in [1.165, 1.54) is 0 Å². The summed E-state index contributed by atoms with van der Waals surface area (Å²) in [4.78, 5) is 12.0. The molecule has 106 valence electrons. The molecule has 0 radical (unpaired) electrons. The van der Waals surface area contributed by atoms with Gasteiger partial charge in [0.1, 0.15) is 11.7 Å². The maximum atomic E-state index is 12.0. The van der Waals surface area contributed by atoms with E-state index in [1.54, 1.807) is 16.3 Å². The maximum Gasteiger partial charge on any atom is 0.253 e. The first-order valence-corrected chi connectivity index (χ1v) is 7.83. The molecule has 0 spiro atoms. The molecule has 0 fully saturated rings. The SMILES string of the molecule is CSCOc1ccc(-c2ccc(C)c(=O)n2C)c(C)c1. The summed E-state index contributed by atoms with van der Waals surface area (Å²) in [6.45, 7) is 3.87. The van der Waals surface area contributed by atoms with E-state index >= 15 is 0 Å². The summed E-state index contributed by atoms with van der Waals surface area (Å²) < 4.78 is 7.29. The number of aromatic nitrogens is 1. The smallest absolute Gasteiger partial charge is 0.253 e. The quantitative estimate of drug-likeness (QED) is 0.809. The minimum atomic E-state index is 0.0459. The van der Waals surface area contributed by atoms with Crippen molar-refractivity contribution in [1.82, 2.24) is 4.57 Å². The summed E-state index contributed by atoms with van der Waals surface area (Å²) in [7, 11) is 1.81. The molecule has 0 aliphatic heterocycles. The molecule has 1 heterocycles. The summed E-state index contributed by atoms with van der Waals surface area (Å²) in [5.41, 5.74) is 3.89. The van der Waals surface area contributed by atoms with Crippen LogP contribution in [0.4, 0.5) is 0 Å². The fourth-order valence-corrected chi connectivity index (χ4v) is 2.43. The molecule has 0 unspecified atom stereocenters. The Balaban J connectivity index is 2.44. The largest absolute Gasteiger partial charge is 0.483 e. The van der Waals surface area contributed by atoms with Crippen LogP contribution in [0.3, 0.4) is 0 Å². The highest BCUT2D eigenvalue weighted by Crippen LogP contribution is 2.26. The Kier molecular flexibility index (Phi) is 4.55. The van der Waals surface area contributed by atoms with Gasteiger partial charge in [0.25, 0.3) is 5.56 Å². The summed E-state index contributed by atoms with van der Waals surface area (Å²) >= 11 is 1.64. The first-order chi connectivity index (χ1) is 9.54. The predicted molar refractivity (Wildman–Crippen MR) is 85.6 cm³/mol. The van der Waals surface area contributed by atoms with Gasteiger partial charge in [0.05, 0.1) is 5.69 Å². The number of ether oxygens (including phenoxy) is 1. The molecule has 4 heteroatoms. The first-order valence-electron chi connectivity index (χ1n) is 6.44. The van der Waals surface area contributed by atoms with Crippen LogP contribution in [-0.2, 0) is 7.05 Å². The fourth-order valence-electron chi connectivity index (χ4n) is 2.17. The zero-order chi connectivity index (χ0) is 14.7. The number of benzene rings is 1. The minimum absolute atomic E-state index is 0.0459. The van der Waals surface area contributed by atoms with E-state index in [2.05, 4.69) is 0 Å². The van der Waals surface area contributed by atoms with E-state index in [-0.39, 0.29) is 5.56 Å². The van der Waals surface area contributed by atoms with Crippen LogP contribution in [0.5, 0.6) is 5.75 Å². The molecule has 0 amide bonds.